The van der Waals surface area contributed by atoms with Crippen LogP contribution in [0.4, 0.5) is 15.3 Å². The lowest BCUT2D eigenvalue weighted by atomic mass is 10.0. The fourth-order valence-electron chi connectivity index (χ4n) is 7.46. The minimum atomic E-state index is -1.20. The standard InChI is InChI=1S/C48H56Cl2N8O6/c1-48(2,3)64-47(63)51-22-21-40(45(61)56-41(25-32-13-6-4-7-14-32)44(60)52-27-33-15-8-5-9-16-33)55-43(59)28-53-46(62)54-35-19-20-42-36(26-35)34(29-57-23-10-11-24-57)30-58(42)31-37-38(49)17-12-18-39(37)50/h4-9,12-20,26,30,40-41H,10-11,21-25,27-29,31H2,1-3H3,(H,51,63)(H,52,60)(H,55,59)(H,56,61)(H2,53,54,62)/t40-,41-/m0/s1. The molecule has 2 heterocycles. The average Bonchev–Trinajstić information content (AvgIpc) is 3.90. The first-order valence-corrected chi connectivity index (χ1v) is 22.2. The number of carbonyl (C=O) groups excluding carboxylic acids is 5. The van der Waals surface area contributed by atoms with E-state index in [-0.39, 0.29) is 25.9 Å². The smallest absolute Gasteiger partial charge is 0.407 e. The molecule has 0 unspecified atom stereocenters. The summed E-state index contributed by atoms with van der Waals surface area (Å²) in [6.45, 7) is 8.12. The van der Waals surface area contributed by atoms with E-state index in [0.29, 0.717) is 22.3 Å². The van der Waals surface area contributed by atoms with Gasteiger partial charge in [0, 0.05) is 64.5 Å². The largest absolute Gasteiger partial charge is 0.444 e. The number of fused-ring (bicyclic) bond motifs is 1. The molecule has 16 heteroatoms. The summed E-state index contributed by atoms with van der Waals surface area (Å²) in [5, 5.41) is 18.5. The van der Waals surface area contributed by atoms with Crippen LogP contribution in [-0.4, -0.2) is 83.2 Å². The molecule has 6 N–H and O–H groups in total. The first-order chi connectivity index (χ1) is 30.7. The van der Waals surface area contributed by atoms with Gasteiger partial charge in [-0.15, -0.1) is 0 Å². The molecule has 2 atom stereocenters. The molecule has 1 saturated heterocycles. The molecule has 0 aliphatic carbocycles. The fraction of sp³-hybridized carbons (Fsp3) is 0.354. The SMILES string of the molecule is CC(C)(C)OC(=O)NCC[C@H](NC(=O)CNC(=O)Nc1ccc2c(c1)c(CN1CCCC1)cn2Cc1c(Cl)cccc1Cl)C(=O)N[C@@H](Cc1ccccc1)C(=O)NCc1ccccc1. The first-order valence-electron chi connectivity index (χ1n) is 21.4. The van der Waals surface area contributed by atoms with E-state index in [1.165, 1.54) is 0 Å². The number of anilines is 1. The van der Waals surface area contributed by atoms with Crippen molar-refractivity contribution >= 4 is 69.6 Å². The molecule has 1 fully saturated rings. The number of aromatic nitrogens is 1. The van der Waals surface area contributed by atoms with Gasteiger partial charge in [-0.2, -0.15) is 0 Å². The average molecular weight is 912 g/mol. The van der Waals surface area contributed by atoms with Crippen LogP contribution in [0.5, 0.6) is 0 Å². The lowest BCUT2D eigenvalue weighted by Gasteiger charge is -2.24. The number of ether oxygens (including phenoxy) is 1. The molecule has 1 aliphatic rings. The minimum Gasteiger partial charge on any atom is -0.444 e. The molecule has 0 radical (unpaired) electrons. The first kappa shape index (κ1) is 47.4. The highest BCUT2D eigenvalue weighted by molar-refractivity contribution is 6.36. The highest BCUT2D eigenvalue weighted by Crippen LogP contribution is 2.31. The Morgan fingerprint density at radius 3 is 2.08 bits per heavy atom. The van der Waals surface area contributed by atoms with Crippen molar-refractivity contribution in [2.45, 2.75) is 83.8 Å². The Kier molecular flexibility index (Phi) is 16.7. The van der Waals surface area contributed by atoms with Crippen molar-refractivity contribution in [1.29, 1.82) is 0 Å². The Morgan fingerprint density at radius 2 is 1.41 bits per heavy atom. The van der Waals surface area contributed by atoms with Gasteiger partial charge in [0.25, 0.3) is 0 Å². The molecular weight excluding hydrogens is 855 g/mol. The number of hydrogen-bond acceptors (Lipinski definition) is 7. The zero-order valence-corrected chi connectivity index (χ0v) is 37.9. The summed E-state index contributed by atoms with van der Waals surface area (Å²) in [5.74, 6) is -1.74. The van der Waals surface area contributed by atoms with Gasteiger partial charge < -0.3 is 41.2 Å². The zero-order chi connectivity index (χ0) is 45.6. The lowest BCUT2D eigenvalue weighted by Crippen LogP contribution is -2.56. The molecule has 4 aromatic carbocycles. The summed E-state index contributed by atoms with van der Waals surface area (Å²) in [5.41, 5.74) is 4.30. The van der Waals surface area contributed by atoms with E-state index in [9.17, 15) is 24.0 Å². The second-order valence-electron chi connectivity index (χ2n) is 16.8. The van der Waals surface area contributed by atoms with Crippen LogP contribution in [0.15, 0.2) is 103 Å². The van der Waals surface area contributed by atoms with E-state index in [1.54, 1.807) is 26.8 Å². The van der Waals surface area contributed by atoms with Crippen LogP contribution >= 0.6 is 23.2 Å². The van der Waals surface area contributed by atoms with Crippen molar-refractivity contribution < 1.29 is 28.7 Å². The van der Waals surface area contributed by atoms with Gasteiger partial charge in [0.2, 0.25) is 17.7 Å². The predicted octanol–water partition coefficient (Wildman–Crippen LogP) is 7.16. The van der Waals surface area contributed by atoms with Gasteiger partial charge in [-0.05, 0) is 100 Å². The molecule has 14 nitrogen and oxygen atoms in total. The highest BCUT2D eigenvalue weighted by Gasteiger charge is 2.28. The molecule has 5 aromatic rings. The summed E-state index contributed by atoms with van der Waals surface area (Å²) < 4.78 is 7.45. The molecule has 1 aromatic heterocycles. The molecule has 6 amide bonds. The van der Waals surface area contributed by atoms with Gasteiger partial charge in [-0.3, -0.25) is 19.3 Å². The van der Waals surface area contributed by atoms with Gasteiger partial charge in [-0.1, -0.05) is 89.9 Å². The summed E-state index contributed by atoms with van der Waals surface area (Å²) >= 11 is 13.1. The van der Waals surface area contributed by atoms with Crippen LogP contribution in [0, 0.1) is 0 Å². The summed E-state index contributed by atoms with van der Waals surface area (Å²) in [6, 6.07) is 26.8. The minimum absolute atomic E-state index is 0.0415. The van der Waals surface area contributed by atoms with E-state index in [1.807, 2.05) is 91.0 Å². The summed E-state index contributed by atoms with van der Waals surface area (Å²) in [6.07, 6.45) is 3.83. The Balaban J connectivity index is 1.12. The highest BCUT2D eigenvalue weighted by atomic mass is 35.5. The maximum atomic E-state index is 14.0. The number of rotatable bonds is 18. The normalized spacial score (nSPS) is 13.7. The molecular formula is C48H56Cl2N8O6. The Morgan fingerprint density at radius 1 is 0.734 bits per heavy atom. The number of nitrogens with zero attached hydrogens (tertiary/aromatic N) is 2. The fourth-order valence-corrected chi connectivity index (χ4v) is 7.98. The molecule has 0 bridgehead atoms. The number of halogens is 2. The predicted molar refractivity (Wildman–Crippen MR) is 250 cm³/mol. The van der Waals surface area contributed by atoms with Gasteiger partial charge in [-0.25, -0.2) is 9.59 Å². The van der Waals surface area contributed by atoms with Gasteiger partial charge in [0.05, 0.1) is 13.1 Å². The Labute approximate surface area is 383 Å². The van der Waals surface area contributed by atoms with E-state index in [0.717, 1.165) is 65.6 Å². The summed E-state index contributed by atoms with van der Waals surface area (Å²) in [4.78, 5) is 69.0. The molecule has 338 valence electrons. The number of alkyl carbamates (subject to hydrolysis) is 1. The maximum absolute atomic E-state index is 14.0. The topological polar surface area (TPSA) is 175 Å². The molecule has 6 rings (SSSR count). The number of amides is 6. The molecule has 0 spiro atoms. The van der Waals surface area contributed by atoms with Crippen molar-refractivity contribution in [1.82, 2.24) is 36.1 Å². The number of nitrogens with one attached hydrogen (secondary N) is 6. The van der Waals surface area contributed by atoms with E-state index in [2.05, 4.69) is 47.6 Å². The number of hydrogen-bond donors (Lipinski definition) is 6. The van der Waals surface area contributed by atoms with Crippen molar-refractivity contribution in [3.05, 3.63) is 136 Å². The van der Waals surface area contributed by atoms with Gasteiger partial charge in [0.1, 0.15) is 17.7 Å². The lowest BCUT2D eigenvalue weighted by molar-refractivity contribution is -0.132. The zero-order valence-electron chi connectivity index (χ0n) is 36.3. The molecule has 1 aliphatic heterocycles. The maximum Gasteiger partial charge on any atom is 0.407 e. The second kappa shape index (κ2) is 22.5. The van der Waals surface area contributed by atoms with Gasteiger partial charge >= 0.3 is 12.1 Å². The monoisotopic (exact) mass is 910 g/mol. The van der Waals surface area contributed by atoms with Crippen molar-refractivity contribution in [2.75, 3.05) is 31.5 Å². The van der Waals surface area contributed by atoms with E-state index < -0.39 is 54.1 Å². The third kappa shape index (κ3) is 14.2. The van der Waals surface area contributed by atoms with Crippen molar-refractivity contribution in [3.8, 4) is 0 Å². The van der Waals surface area contributed by atoms with Crippen LogP contribution in [0.2, 0.25) is 10.0 Å². The van der Waals surface area contributed by atoms with Crippen LogP contribution in [0.1, 0.15) is 62.3 Å². The number of benzene rings is 4. The van der Waals surface area contributed by atoms with Crippen molar-refractivity contribution in [3.63, 3.8) is 0 Å². The third-order valence-electron chi connectivity index (χ3n) is 10.6. The van der Waals surface area contributed by atoms with Crippen LogP contribution in [0.25, 0.3) is 10.9 Å². The molecule has 0 saturated carbocycles. The Bertz CT molecular complexity index is 2380. The van der Waals surface area contributed by atoms with Crippen LogP contribution in [0.3, 0.4) is 0 Å². The Hall–Kier alpha value is -6.09. The number of carbonyl (C=O) groups is 5. The van der Waals surface area contributed by atoms with Crippen LogP contribution < -0.4 is 31.9 Å². The third-order valence-corrected chi connectivity index (χ3v) is 11.3. The quantitative estimate of drug-likeness (QED) is 0.0541. The number of urea groups is 1. The van der Waals surface area contributed by atoms with E-state index >= 15 is 0 Å². The number of likely N-dealkylation sites (tertiary alicyclic amines) is 1. The van der Waals surface area contributed by atoms with Gasteiger partial charge in [0.15, 0.2) is 0 Å². The molecule has 64 heavy (non-hydrogen) atoms. The van der Waals surface area contributed by atoms with Crippen molar-refractivity contribution in [2.24, 2.45) is 0 Å². The second-order valence-corrected chi connectivity index (χ2v) is 17.6. The van der Waals surface area contributed by atoms with Crippen LogP contribution in [-0.2, 0) is 45.2 Å². The van der Waals surface area contributed by atoms with E-state index in [4.69, 9.17) is 27.9 Å². The summed E-state index contributed by atoms with van der Waals surface area (Å²) in [7, 11) is 0.